The number of sulfonamides is 1. The number of halogens is 1. The van der Waals surface area contributed by atoms with Gasteiger partial charge < -0.3 is 4.42 Å². The van der Waals surface area contributed by atoms with Gasteiger partial charge >= 0.3 is 6.01 Å². The Labute approximate surface area is 212 Å². The topological polar surface area (TPSA) is 140 Å². The van der Waals surface area contributed by atoms with Crippen molar-refractivity contribution in [3.63, 3.8) is 0 Å². The van der Waals surface area contributed by atoms with Gasteiger partial charge in [0.15, 0.2) is 9.84 Å². The minimum Gasteiger partial charge on any atom is -0.403 e. The molecule has 2 aromatic heterocycles. The summed E-state index contributed by atoms with van der Waals surface area (Å²) in [6.07, 6.45) is 0.688. The number of thiophene rings is 1. The van der Waals surface area contributed by atoms with Gasteiger partial charge in [0.05, 0.1) is 14.5 Å². The molecule has 1 N–H and O–H groups in total. The van der Waals surface area contributed by atoms with Crippen LogP contribution in [0, 0.1) is 5.92 Å². The molecule has 3 aromatic rings. The quantitative estimate of drug-likeness (QED) is 0.463. The highest BCUT2D eigenvalue weighted by Crippen LogP contribution is 2.31. The Morgan fingerprint density at radius 1 is 1.09 bits per heavy atom. The monoisotopic (exact) mass is 558 g/mol. The number of hydrogen-bond acceptors (Lipinski definition) is 9. The maximum absolute atomic E-state index is 12.7. The van der Waals surface area contributed by atoms with Crippen molar-refractivity contribution in [3.05, 3.63) is 40.7 Å². The molecule has 3 heterocycles. The first kappa shape index (κ1) is 25.8. The number of anilines is 1. The van der Waals surface area contributed by atoms with E-state index in [4.69, 9.17) is 16.0 Å². The highest BCUT2D eigenvalue weighted by molar-refractivity contribution is 7.92. The summed E-state index contributed by atoms with van der Waals surface area (Å²) in [5, 5.41) is 9.79. The lowest BCUT2D eigenvalue weighted by Crippen LogP contribution is -2.41. The van der Waals surface area contributed by atoms with Gasteiger partial charge in [-0.15, -0.1) is 16.4 Å². The van der Waals surface area contributed by atoms with Crippen LogP contribution in [-0.2, 0) is 24.7 Å². The van der Waals surface area contributed by atoms with Crippen molar-refractivity contribution >= 4 is 54.7 Å². The first-order chi connectivity index (χ1) is 16.5. The molecule has 1 saturated heterocycles. The van der Waals surface area contributed by atoms with Gasteiger partial charge in [0.25, 0.3) is 10.0 Å². The van der Waals surface area contributed by atoms with E-state index in [-0.39, 0.29) is 40.0 Å². The number of nitrogens with one attached hydrogen (secondary N) is 1. The number of nitrogens with zero attached hydrogens (tertiary/aromatic N) is 3. The van der Waals surface area contributed by atoms with Gasteiger partial charge in [0.2, 0.25) is 11.8 Å². The third kappa shape index (κ3) is 5.43. The average Bonchev–Trinajstić information content (AvgIpc) is 3.48. The molecule has 0 unspecified atom stereocenters. The van der Waals surface area contributed by atoms with Crippen molar-refractivity contribution in [1.82, 2.24) is 14.5 Å². The molecule has 10 nitrogen and oxygen atoms in total. The number of carbonyl (C=O) groups excluding carboxylic acids is 1. The van der Waals surface area contributed by atoms with Crippen LogP contribution in [0.1, 0.15) is 26.7 Å². The molecule has 1 aliphatic rings. The number of benzene rings is 1. The average molecular weight is 559 g/mol. The molecular formula is C21H23ClN4O6S3. The van der Waals surface area contributed by atoms with Crippen molar-refractivity contribution < 1.29 is 26.0 Å². The predicted octanol–water partition coefficient (Wildman–Crippen LogP) is 3.67. The highest BCUT2D eigenvalue weighted by Gasteiger charge is 2.33. The number of rotatable bonds is 7. The minimum atomic E-state index is -3.64. The molecule has 4 rings (SSSR count). The molecule has 1 aliphatic heterocycles. The Bertz CT molecular complexity index is 1420. The second-order valence-electron chi connectivity index (χ2n) is 8.26. The maximum Gasteiger partial charge on any atom is 0.322 e. The van der Waals surface area contributed by atoms with Crippen molar-refractivity contribution in [1.29, 1.82) is 0 Å². The van der Waals surface area contributed by atoms with Crippen LogP contribution in [0.3, 0.4) is 0 Å². The minimum absolute atomic E-state index is 0.0906. The van der Waals surface area contributed by atoms with Crippen molar-refractivity contribution in [2.24, 2.45) is 5.92 Å². The molecule has 1 amide bonds. The number of carbonyl (C=O) groups is 1. The molecule has 0 radical (unpaired) electrons. The first-order valence-electron chi connectivity index (χ1n) is 10.7. The number of amides is 1. The number of aromatic nitrogens is 2. The van der Waals surface area contributed by atoms with Gasteiger partial charge in [0.1, 0.15) is 4.21 Å². The van der Waals surface area contributed by atoms with E-state index >= 15 is 0 Å². The van der Waals surface area contributed by atoms with E-state index in [1.54, 1.807) is 32.0 Å². The van der Waals surface area contributed by atoms with Gasteiger partial charge in [-0.05, 0) is 63.1 Å². The predicted molar refractivity (Wildman–Crippen MR) is 131 cm³/mol. The van der Waals surface area contributed by atoms with E-state index in [1.807, 2.05) is 0 Å². The summed E-state index contributed by atoms with van der Waals surface area (Å²) in [7, 11) is -7.03. The fourth-order valence-electron chi connectivity index (χ4n) is 3.58. The zero-order valence-electron chi connectivity index (χ0n) is 18.8. The van der Waals surface area contributed by atoms with Gasteiger partial charge in [-0.25, -0.2) is 16.8 Å². The number of hydrogen-bond donors (Lipinski definition) is 1. The number of piperidine rings is 1. The fraction of sp³-hybridized carbons (Fsp3) is 0.381. The summed E-state index contributed by atoms with van der Waals surface area (Å²) < 4.78 is 57.4. The Hall–Kier alpha value is -2.32. The van der Waals surface area contributed by atoms with E-state index in [2.05, 4.69) is 15.5 Å². The van der Waals surface area contributed by atoms with Crippen LogP contribution < -0.4 is 5.32 Å². The molecule has 35 heavy (non-hydrogen) atoms. The van der Waals surface area contributed by atoms with Crippen LogP contribution in [-0.4, -0.2) is 55.6 Å². The Kier molecular flexibility index (Phi) is 7.34. The first-order valence-corrected chi connectivity index (χ1v) is 14.9. The van der Waals surface area contributed by atoms with E-state index in [0.29, 0.717) is 22.7 Å². The molecule has 0 saturated carbocycles. The second kappa shape index (κ2) is 9.97. The van der Waals surface area contributed by atoms with E-state index in [0.717, 1.165) is 11.3 Å². The Morgan fingerprint density at radius 3 is 2.31 bits per heavy atom. The molecule has 0 bridgehead atoms. The second-order valence-corrected chi connectivity index (χ2v) is 14.6. The van der Waals surface area contributed by atoms with Crippen LogP contribution in [0.15, 0.2) is 49.9 Å². The molecule has 1 aromatic carbocycles. The van der Waals surface area contributed by atoms with Gasteiger partial charge in [-0.3, -0.25) is 10.1 Å². The third-order valence-electron chi connectivity index (χ3n) is 5.67. The van der Waals surface area contributed by atoms with Crippen molar-refractivity contribution in [2.75, 3.05) is 18.4 Å². The SMILES string of the molecule is CC(C)S(=O)(=O)c1ccc(-c2nnc(NC(=O)C3CCN(S(=O)(=O)c4ccc(Cl)s4)CC3)o2)cc1. The van der Waals surface area contributed by atoms with E-state index in [9.17, 15) is 21.6 Å². The van der Waals surface area contributed by atoms with Crippen LogP contribution in [0.5, 0.6) is 0 Å². The smallest absolute Gasteiger partial charge is 0.322 e. The van der Waals surface area contributed by atoms with Crippen LogP contribution in [0.25, 0.3) is 11.5 Å². The summed E-state index contributed by atoms with van der Waals surface area (Å²) in [6, 6.07) is 8.99. The Balaban J connectivity index is 1.36. The van der Waals surface area contributed by atoms with E-state index < -0.39 is 31.0 Å². The van der Waals surface area contributed by atoms with Gasteiger partial charge in [-0.2, -0.15) is 4.31 Å². The summed E-state index contributed by atoms with van der Waals surface area (Å²) >= 11 is 6.86. The zero-order chi connectivity index (χ0) is 25.4. The van der Waals surface area contributed by atoms with Crippen LogP contribution in [0.4, 0.5) is 6.01 Å². The summed E-state index contributed by atoms with van der Waals surface area (Å²) in [6.45, 7) is 3.63. The fourth-order valence-corrected chi connectivity index (χ4v) is 7.75. The summed E-state index contributed by atoms with van der Waals surface area (Å²) in [4.78, 5) is 12.9. The normalized spacial score (nSPS) is 16.0. The molecule has 0 aliphatic carbocycles. The lowest BCUT2D eigenvalue weighted by Gasteiger charge is -2.29. The van der Waals surface area contributed by atoms with E-state index in [1.165, 1.54) is 22.5 Å². The summed E-state index contributed by atoms with van der Waals surface area (Å²) in [5.74, 6) is -0.622. The molecule has 0 spiro atoms. The number of sulfone groups is 1. The summed E-state index contributed by atoms with van der Waals surface area (Å²) in [5.41, 5.74) is 0.507. The van der Waals surface area contributed by atoms with Crippen molar-refractivity contribution in [3.8, 4) is 11.5 Å². The maximum atomic E-state index is 12.7. The molecular weight excluding hydrogens is 536 g/mol. The molecule has 14 heteroatoms. The van der Waals surface area contributed by atoms with Crippen LogP contribution >= 0.6 is 22.9 Å². The standard InChI is InChI=1S/C21H23ClN4O6S3/c1-13(2)34(28,29)16-5-3-15(4-6-16)20-24-25-21(32-20)23-19(27)14-9-11-26(12-10-14)35(30,31)18-8-7-17(22)33-18/h3-8,13-14H,9-12H2,1-2H3,(H,23,25,27). The van der Waals surface area contributed by atoms with Gasteiger partial charge in [-0.1, -0.05) is 16.7 Å². The van der Waals surface area contributed by atoms with Crippen molar-refractivity contribution in [2.45, 2.75) is 41.0 Å². The molecule has 188 valence electrons. The largest absolute Gasteiger partial charge is 0.403 e. The lowest BCUT2D eigenvalue weighted by molar-refractivity contribution is -0.121. The molecule has 1 fully saturated rings. The van der Waals surface area contributed by atoms with Crippen LogP contribution in [0.2, 0.25) is 4.34 Å². The highest BCUT2D eigenvalue weighted by atomic mass is 35.5. The molecule has 0 atom stereocenters. The lowest BCUT2D eigenvalue weighted by atomic mass is 9.97. The third-order valence-corrected chi connectivity index (χ3v) is 11.4. The Morgan fingerprint density at radius 2 is 1.74 bits per heavy atom. The zero-order valence-corrected chi connectivity index (χ0v) is 22.0. The van der Waals surface area contributed by atoms with Gasteiger partial charge in [0, 0.05) is 24.6 Å².